The van der Waals surface area contributed by atoms with Gasteiger partial charge in [0, 0.05) is 21.0 Å². The summed E-state index contributed by atoms with van der Waals surface area (Å²) in [6.07, 6.45) is 2.74. The van der Waals surface area contributed by atoms with Gasteiger partial charge in [0.05, 0.1) is 34.3 Å². The first-order valence-corrected chi connectivity index (χ1v) is 16.1. The van der Waals surface area contributed by atoms with Gasteiger partial charge in [0.15, 0.2) is 6.10 Å². The summed E-state index contributed by atoms with van der Waals surface area (Å²) in [7, 11) is 0. The SMILES string of the molecule is CCc1cc(Br)cc2c(C(=O)OC(C)C(=O)c3ccccc3)cc(-c3ccc(N4C(=O)C5C6C=C(C)C(C6)C5C4=O)cc3)nc12. The summed E-state index contributed by atoms with van der Waals surface area (Å²) >= 11 is 3.56. The number of ether oxygens (including phenoxy) is 1. The molecule has 5 atom stereocenters. The van der Waals surface area contributed by atoms with E-state index < -0.39 is 12.1 Å². The topological polar surface area (TPSA) is 93.6 Å². The van der Waals surface area contributed by atoms with Crippen molar-refractivity contribution in [1.29, 1.82) is 0 Å². The molecule has 2 fully saturated rings. The number of Topliss-reactive ketones (excluding diaryl/α,β-unsaturated/α-hetero) is 1. The van der Waals surface area contributed by atoms with Gasteiger partial charge in [-0.3, -0.25) is 19.3 Å². The van der Waals surface area contributed by atoms with E-state index in [0.29, 0.717) is 45.4 Å². The molecule has 1 saturated heterocycles. The molecule has 2 bridgehead atoms. The highest BCUT2D eigenvalue weighted by Crippen LogP contribution is 2.56. The molecule has 1 saturated carbocycles. The number of rotatable bonds is 7. The number of nitrogens with zero attached hydrogens (tertiary/aromatic N) is 2. The van der Waals surface area contributed by atoms with Crippen molar-refractivity contribution in [2.75, 3.05) is 4.90 Å². The fourth-order valence-corrected chi connectivity index (χ4v) is 7.88. The van der Waals surface area contributed by atoms with E-state index in [1.54, 1.807) is 49.4 Å². The number of hydrogen-bond donors (Lipinski definition) is 0. The highest BCUT2D eigenvalue weighted by molar-refractivity contribution is 9.10. The molecular formula is C37H31BrN2O5. The Morgan fingerprint density at radius 2 is 1.71 bits per heavy atom. The van der Waals surface area contributed by atoms with Crippen molar-refractivity contribution in [2.24, 2.45) is 23.7 Å². The van der Waals surface area contributed by atoms with E-state index >= 15 is 0 Å². The lowest BCUT2D eigenvalue weighted by Crippen LogP contribution is -2.32. The molecular weight excluding hydrogens is 632 g/mol. The smallest absolute Gasteiger partial charge is 0.339 e. The number of fused-ring (bicyclic) bond motifs is 6. The Labute approximate surface area is 269 Å². The summed E-state index contributed by atoms with van der Waals surface area (Å²) < 4.78 is 6.53. The zero-order valence-corrected chi connectivity index (χ0v) is 26.7. The van der Waals surface area contributed by atoms with Crippen LogP contribution in [0, 0.1) is 23.7 Å². The number of allylic oxidation sites excluding steroid dienone is 2. The molecule has 1 aliphatic heterocycles. The first kappa shape index (κ1) is 29.3. The number of pyridine rings is 1. The number of ketones is 1. The molecule has 7 nitrogen and oxygen atoms in total. The summed E-state index contributed by atoms with van der Waals surface area (Å²) in [6, 6.07) is 21.4. The molecule has 4 aromatic rings. The fraction of sp³-hybridized carbons (Fsp3) is 0.270. The van der Waals surface area contributed by atoms with Crippen molar-refractivity contribution in [3.05, 3.63) is 106 Å². The molecule has 3 aliphatic rings. The molecule has 45 heavy (non-hydrogen) atoms. The average molecular weight is 664 g/mol. The third kappa shape index (κ3) is 4.83. The van der Waals surface area contributed by atoms with E-state index in [9.17, 15) is 19.2 Å². The maximum absolute atomic E-state index is 13.7. The Balaban J connectivity index is 1.22. The second-order valence-electron chi connectivity index (χ2n) is 12.2. The Hall–Kier alpha value is -4.43. The Morgan fingerprint density at radius 1 is 1.00 bits per heavy atom. The van der Waals surface area contributed by atoms with Gasteiger partial charge >= 0.3 is 5.97 Å². The van der Waals surface area contributed by atoms with Gasteiger partial charge in [0.2, 0.25) is 17.6 Å². The predicted molar refractivity (Wildman–Crippen MR) is 175 cm³/mol. The highest BCUT2D eigenvalue weighted by atomic mass is 79.9. The molecule has 2 aliphatic carbocycles. The van der Waals surface area contributed by atoms with Crippen LogP contribution in [0.1, 0.15) is 53.5 Å². The van der Waals surface area contributed by atoms with Crippen LogP contribution in [0.2, 0.25) is 0 Å². The second-order valence-corrected chi connectivity index (χ2v) is 13.1. The van der Waals surface area contributed by atoms with Crippen LogP contribution < -0.4 is 4.90 Å². The van der Waals surface area contributed by atoms with Crippen molar-refractivity contribution in [1.82, 2.24) is 4.98 Å². The Kier molecular flexibility index (Phi) is 7.28. The van der Waals surface area contributed by atoms with Crippen LogP contribution in [0.25, 0.3) is 22.2 Å². The van der Waals surface area contributed by atoms with Gasteiger partial charge in [-0.2, -0.15) is 0 Å². The van der Waals surface area contributed by atoms with E-state index in [-0.39, 0.29) is 41.3 Å². The minimum absolute atomic E-state index is 0.121. The van der Waals surface area contributed by atoms with Crippen LogP contribution in [0.5, 0.6) is 0 Å². The Bertz CT molecular complexity index is 1930. The molecule has 2 amide bonds. The summed E-state index contributed by atoms with van der Waals surface area (Å²) in [5.74, 6) is -1.42. The van der Waals surface area contributed by atoms with Gasteiger partial charge in [-0.15, -0.1) is 0 Å². The maximum Gasteiger partial charge on any atom is 0.339 e. The number of halogens is 1. The number of amides is 2. The summed E-state index contributed by atoms with van der Waals surface area (Å²) in [4.78, 5) is 59.8. The van der Waals surface area contributed by atoms with Gasteiger partial charge in [0.25, 0.3) is 0 Å². The lowest BCUT2D eigenvalue weighted by Gasteiger charge is -2.19. The van der Waals surface area contributed by atoms with E-state index in [0.717, 1.165) is 16.5 Å². The summed E-state index contributed by atoms with van der Waals surface area (Å²) in [6.45, 7) is 5.65. The van der Waals surface area contributed by atoms with Crippen molar-refractivity contribution >= 4 is 56.1 Å². The van der Waals surface area contributed by atoms with E-state index in [2.05, 4.69) is 28.9 Å². The lowest BCUT2D eigenvalue weighted by atomic mass is 9.82. The molecule has 0 N–H and O–H groups in total. The van der Waals surface area contributed by atoms with Crippen LogP contribution >= 0.6 is 15.9 Å². The Morgan fingerprint density at radius 3 is 2.42 bits per heavy atom. The van der Waals surface area contributed by atoms with Crippen LogP contribution in [-0.4, -0.2) is 34.7 Å². The van der Waals surface area contributed by atoms with Gasteiger partial charge in [0.1, 0.15) is 0 Å². The van der Waals surface area contributed by atoms with Crippen LogP contribution in [0.3, 0.4) is 0 Å². The van der Waals surface area contributed by atoms with Crippen molar-refractivity contribution < 1.29 is 23.9 Å². The number of benzene rings is 3. The summed E-state index contributed by atoms with van der Waals surface area (Å²) in [5, 5.41) is 0.615. The van der Waals surface area contributed by atoms with Gasteiger partial charge in [-0.25, -0.2) is 9.78 Å². The molecule has 3 aromatic carbocycles. The molecule has 1 aromatic heterocycles. The normalized spacial score (nSPS) is 22.5. The molecule has 8 heteroatoms. The van der Waals surface area contributed by atoms with Gasteiger partial charge in [-0.1, -0.05) is 77.0 Å². The minimum Gasteiger partial charge on any atom is -0.451 e. The van der Waals surface area contributed by atoms with Crippen LogP contribution in [-0.2, 0) is 20.7 Å². The number of esters is 1. The molecule has 5 unspecified atom stereocenters. The van der Waals surface area contributed by atoms with Gasteiger partial charge < -0.3 is 4.74 Å². The average Bonchev–Trinajstić information content (AvgIpc) is 3.69. The number of aromatic nitrogens is 1. The standard InChI is InChI=1S/C37H31BrN2O5/c1-4-21-15-25(38)17-28-29(37(44)45-20(3)34(41)23-8-6-5-7-9-23)18-30(39-33(21)28)22-10-12-26(13-11-22)40-35(42)31-24-14-19(2)27(16-24)32(31)36(40)43/h5-15,17-18,20,24,27,31-32H,4,16H2,1-3H3. The van der Waals surface area contributed by atoms with Crippen LogP contribution in [0.15, 0.2) is 88.9 Å². The highest BCUT2D eigenvalue weighted by Gasteiger charge is 2.60. The molecule has 0 radical (unpaired) electrons. The maximum atomic E-state index is 13.7. The van der Waals surface area contributed by atoms with Crippen LogP contribution in [0.4, 0.5) is 5.69 Å². The molecule has 2 heterocycles. The monoisotopic (exact) mass is 662 g/mol. The third-order valence-electron chi connectivity index (χ3n) is 9.57. The number of imide groups is 1. The van der Waals surface area contributed by atoms with Crippen molar-refractivity contribution in [3.63, 3.8) is 0 Å². The molecule has 7 rings (SSSR count). The first-order chi connectivity index (χ1) is 21.7. The zero-order chi connectivity index (χ0) is 31.6. The van der Waals surface area contributed by atoms with Crippen molar-refractivity contribution in [2.45, 2.75) is 39.7 Å². The fourth-order valence-electron chi connectivity index (χ4n) is 7.37. The number of anilines is 1. The number of carbonyl (C=O) groups is 4. The lowest BCUT2D eigenvalue weighted by molar-refractivity contribution is -0.123. The van der Waals surface area contributed by atoms with E-state index in [1.165, 1.54) is 10.5 Å². The quantitative estimate of drug-likeness (QED) is 0.0889. The molecule has 0 spiro atoms. The number of aryl methyl sites for hydroxylation is 1. The first-order valence-electron chi connectivity index (χ1n) is 15.3. The number of hydrogen-bond acceptors (Lipinski definition) is 6. The molecule has 226 valence electrons. The predicted octanol–water partition coefficient (Wildman–Crippen LogP) is 7.36. The van der Waals surface area contributed by atoms with Gasteiger partial charge in [-0.05, 0) is 74.4 Å². The zero-order valence-electron chi connectivity index (χ0n) is 25.1. The van der Waals surface area contributed by atoms with E-state index in [1.807, 2.05) is 37.3 Å². The van der Waals surface area contributed by atoms with E-state index in [4.69, 9.17) is 9.72 Å². The second kappa shape index (κ2) is 11.2. The summed E-state index contributed by atoms with van der Waals surface area (Å²) in [5.41, 5.74) is 5.36. The minimum atomic E-state index is -0.993. The third-order valence-corrected chi connectivity index (χ3v) is 10.0. The largest absolute Gasteiger partial charge is 0.451 e. The number of carbonyl (C=O) groups excluding carboxylic acids is 4. The van der Waals surface area contributed by atoms with Crippen molar-refractivity contribution in [3.8, 4) is 11.3 Å².